The molecule has 0 aliphatic rings. The van der Waals surface area contributed by atoms with Gasteiger partial charge in [0.1, 0.15) is 5.75 Å². The standard InChI is InChI=1S/C11H9F3N2O2/c12-11(13,14)17-9-3-1-7(2-4-9)10-5-8(6-15)16-18-10/h1-5H,6,15H2. The van der Waals surface area contributed by atoms with Crippen molar-refractivity contribution in [3.05, 3.63) is 36.0 Å². The first-order valence-electron chi connectivity index (χ1n) is 5.00. The Kier molecular flexibility index (Phi) is 3.24. The van der Waals surface area contributed by atoms with Crippen molar-refractivity contribution in [3.63, 3.8) is 0 Å². The second kappa shape index (κ2) is 4.69. The first kappa shape index (κ1) is 12.4. The highest BCUT2D eigenvalue weighted by atomic mass is 19.4. The van der Waals surface area contributed by atoms with Crippen molar-refractivity contribution in [2.24, 2.45) is 5.73 Å². The molecule has 0 aliphatic carbocycles. The van der Waals surface area contributed by atoms with Crippen molar-refractivity contribution in [1.29, 1.82) is 0 Å². The SMILES string of the molecule is NCc1cc(-c2ccc(OC(F)(F)F)cc2)on1. The first-order valence-corrected chi connectivity index (χ1v) is 5.00. The predicted molar refractivity (Wildman–Crippen MR) is 56.5 cm³/mol. The van der Waals surface area contributed by atoms with Gasteiger partial charge >= 0.3 is 6.36 Å². The van der Waals surface area contributed by atoms with Crippen LogP contribution < -0.4 is 10.5 Å². The molecule has 0 bridgehead atoms. The van der Waals surface area contributed by atoms with Crippen molar-refractivity contribution in [1.82, 2.24) is 5.16 Å². The third-order valence-electron chi connectivity index (χ3n) is 2.14. The summed E-state index contributed by atoms with van der Waals surface area (Å²) in [5.41, 5.74) is 6.53. The van der Waals surface area contributed by atoms with Crippen molar-refractivity contribution >= 4 is 0 Å². The molecule has 0 amide bonds. The Morgan fingerprint density at radius 1 is 1.22 bits per heavy atom. The van der Waals surface area contributed by atoms with Crippen LogP contribution in [0.5, 0.6) is 5.75 Å². The maximum absolute atomic E-state index is 11.9. The van der Waals surface area contributed by atoms with Gasteiger partial charge in [-0.1, -0.05) is 5.16 Å². The van der Waals surface area contributed by atoms with Gasteiger partial charge in [-0.25, -0.2) is 0 Å². The van der Waals surface area contributed by atoms with Crippen LogP contribution in [-0.2, 0) is 6.54 Å². The zero-order valence-electron chi connectivity index (χ0n) is 9.07. The van der Waals surface area contributed by atoms with Gasteiger partial charge < -0.3 is 15.0 Å². The average molecular weight is 258 g/mol. The minimum absolute atomic E-state index is 0.235. The molecule has 0 saturated heterocycles. The van der Waals surface area contributed by atoms with Crippen molar-refractivity contribution in [3.8, 4) is 17.1 Å². The highest BCUT2D eigenvalue weighted by Crippen LogP contribution is 2.26. The number of aromatic nitrogens is 1. The highest BCUT2D eigenvalue weighted by Gasteiger charge is 2.30. The number of hydrogen-bond donors (Lipinski definition) is 1. The molecule has 2 N–H and O–H groups in total. The van der Waals surface area contributed by atoms with Crippen LogP contribution in [0.15, 0.2) is 34.9 Å². The lowest BCUT2D eigenvalue weighted by Crippen LogP contribution is -2.16. The van der Waals surface area contributed by atoms with Gasteiger partial charge in [0.25, 0.3) is 0 Å². The maximum atomic E-state index is 11.9. The van der Waals surface area contributed by atoms with Crippen LogP contribution >= 0.6 is 0 Å². The topological polar surface area (TPSA) is 61.3 Å². The molecule has 2 rings (SSSR count). The molecule has 0 unspecified atom stereocenters. The largest absolute Gasteiger partial charge is 0.573 e. The summed E-state index contributed by atoms with van der Waals surface area (Å²) in [5, 5.41) is 3.68. The molecule has 96 valence electrons. The predicted octanol–water partition coefficient (Wildman–Crippen LogP) is 2.70. The Morgan fingerprint density at radius 3 is 2.39 bits per heavy atom. The lowest BCUT2D eigenvalue weighted by Gasteiger charge is -2.08. The third kappa shape index (κ3) is 3.01. The van der Waals surface area contributed by atoms with Crippen LogP contribution in [-0.4, -0.2) is 11.5 Å². The lowest BCUT2D eigenvalue weighted by atomic mass is 10.1. The fourth-order valence-corrected chi connectivity index (χ4v) is 1.36. The summed E-state index contributed by atoms with van der Waals surface area (Å²) >= 11 is 0. The Bertz CT molecular complexity index is 520. The fraction of sp³-hybridized carbons (Fsp3) is 0.182. The van der Waals surface area contributed by atoms with Crippen molar-refractivity contribution < 1.29 is 22.4 Å². The van der Waals surface area contributed by atoms with E-state index in [2.05, 4.69) is 9.89 Å². The molecule has 4 nitrogen and oxygen atoms in total. The van der Waals surface area contributed by atoms with E-state index in [1.807, 2.05) is 0 Å². The number of alkyl halides is 3. The molecule has 0 aliphatic heterocycles. The summed E-state index contributed by atoms with van der Waals surface area (Å²) in [6.07, 6.45) is -4.69. The number of rotatable bonds is 3. The first-order chi connectivity index (χ1) is 8.48. The maximum Gasteiger partial charge on any atom is 0.573 e. The van der Waals surface area contributed by atoms with Crippen LogP contribution in [0.25, 0.3) is 11.3 Å². The molecule has 0 fully saturated rings. The Balaban J connectivity index is 2.17. The van der Waals surface area contributed by atoms with Gasteiger partial charge in [-0.3, -0.25) is 0 Å². The molecule has 1 heterocycles. The average Bonchev–Trinajstić information content (AvgIpc) is 2.76. The van der Waals surface area contributed by atoms with E-state index in [1.54, 1.807) is 6.07 Å². The van der Waals surface area contributed by atoms with Gasteiger partial charge in [0.15, 0.2) is 5.76 Å². The fourth-order valence-electron chi connectivity index (χ4n) is 1.36. The monoisotopic (exact) mass is 258 g/mol. The van der Waals surface area contributed by atoms with Crippen LogP contribution in [0.2, 0.25) is 0 Å². The smallest absolute Gasteiger partial charge is 0.406 e. The van der Waals surface area contributed by atoms with Gasteiger partial charge in [-0.15, -0.1) is 13.2 Å². The zero-order chi connectivity index (χ0) is 13.2. The number of nitrogens with two attached hydrogens (primary N) is 1. The van der Waals surface area contributed by atoms with E-state index in [0.717, 1.165) is 0 Å². The molecule has 1 aromatic carbocycles. The summed E-state index contributed by atoms with van der Waals surface area (Å²) in [4.78, 5) is 0. The molecule has 7 heteroatoms. The molecule has 18 heavy (non-hydrogen) atoms. The Labute approximate surface area is 100 Å². The Hall–Kier alpha value is -2.02. The van der Waals surface area contributed by atoms with Crippen LogP contribution in [0.1, 0.15) is 5.69 Å². The number of nitrogens with zero attached hydrogens (tertiary/aromatic N) is 1. The van der Waals surface area contributed by atoms with E-state index >= 15 is 0 Å². The van der Waals surface area contributed by atoms with E-state index in [0.29, 0.717) is 17.0 Å². The second-order valence-corrected chi connectivity index (χ2v) is 3.46. The van der Waals surface area contributed by atoms with Gasteiger partial charge in [0.05, 0.1) is 5.69 Å². The normalized spacial score (nSPS) is 11.6. The summed E-state index contributed by atoms with van der Waals surface area (Å²) < 4.78 is 44.6. The Morgan fingerprint density at radius 2 is 1.89 bits per heavy atom. The summed E-state index contributed by atoms with van der Waals surface area (Å²) in [7, 11) is 0. The van der Waals surface area contributed by atoms with Crippen molar-refractivity contribution in [2.75, 3.05) is 0 Å². The third-order valence-corrected chi connectivity index (χ3v) is 2.14. The van der Waals surface area contributed by atoms with E-state index in [-0.39, 0.29) is 12.3 Å². The molecule has 0 spiro atoms. The minimum Gasteiger partial charge on any atom is -0.406 e. The lowest BCUT2D eigenvalue weighted by molar-refractivity contribution is -0.274. The molecule has 0 saturated carbocycles. The summed E-state index contributed by atoms with van der Waals surface area (Å²) in [5.74, 6) is 0.152. The van der Waals surface area contributed by atoms with Gasteiger partial charge in [0.2, 0.25) is 0 Å². The molecule has 1 aromatic heterocycles. The molecular formula is C11H9F3N2O2. The van der Waals surface area contributed by atoms with Crippen LogP contribution in [0.3, 0.4) is 0 Å². The molecular weight excluding hydrogens is 249 g/mol. The quantitative estimate of drug-likeness (QED) is 0.919. The highest BCUT2D eigenvalue weighted by molar-refractivity contribution is 5.58. The van der Waals surface area contributed by atoms with E-state index in [4.69, 9.17) is 10.3 Å². The number of hydrogen-bond acceptors (Lipinski definition) is 4. The van der Waals surface area contributed by atoms with Gasteiger partial charge in [0, 0.05) is 18.2 Å². The molecule has 0 radical (unpaired) electrons. The zero-order valence-corrected chi connectivity index (χ0v) is 9.07. The van der Waals surface area contributed by atoms with Crippen LogP contribution in [0.4, 0.5) is 13.2 Å². The van der Waals surface area contributed by atoms with Crippen molar-refractivity contribution in [2.45, 2.75) is 12.9 Å². The number of ether oxygens (including phenoxy) is 1. The minimum atomic E-state index is -4.69. The van der Waals surface area contributed by atoms with E-state index in [9.17, 15) is 13.2 Å². The second-order valence-electron chi connectivity index (χ2n) is 3.46. The van der Waals surface area contributed by atoms with E-state index in [1.165, 1.54) is 24.3 Å². The summed E-state index contributed by atoms with van der Waals surface area (Å²) in [6.45, 7) is 0.235. The van der Waals surface area contributed by atoms with E-state index < -0.39 is 6.36 Å². The van der Waals surface area contributed by atoms with Gasteiger partial charge in [-0.2, -0.15) is 0 Å². The van der Waals surface area contributed by atoms with Crippen LogP contribution in [0, 0.1) is 0 Å². The number of halogens is 3. The summed E-state index contributed by atoms with van der Waals surface area (Å²) in [6, 6.07) is 6.92. The van der Waals surface area contributed by atoms with Gasteiger partial charge in [-0.05, 0) is 24.3 Å². The number of benzene rings is 1. The molecule has 0 atom stereocenters. The molecule has 2 aromatic rings.